The third-order valence-corrected chi connectivity index (χ3v) is 10.2. The number of amides is 3. The predicted molar refractivity (Wildman–Crippen MR) is 209 cm³/mol. The number of nitrogens with zero attached hydrogens (tertiary/aromatic N) is 1. The summed E-state index contributed by atoms with van der Waals surface area (Å²) in [6, 6.07) is 1.59. The topological polar surface area (TPSA) is 278 Å². The molecular weight excluding hydrogens is 865 g/mol. The first-order valence-corrected chi connectivity index (χ1v) is 19.8. The molecule has 0 radical (unpaired) electrons. The van der Waals surface area contributed by atoms with Gasteiger partial charge in [-0.05, 0) is 50.1 Å². The number of halogens is 3. The first kappa shape index (κ1) is 52.5. The van der Waals surface area contributed by atoms with Crippen LogP contribution in [0.4, 0.5) is 13.2 Å². The van der Waals surface area contributed by atoms with Crippen molar-refractivity contribution in [3.05, 3.63) is 28.8 Å². The van der Waals surface area contributed by atoms with E-state index in [4.69, 9.17) is 43.1 Å². The van der Waals surface area contributed by atoms with Gasteiger partial charge in [0.15, 0.2) is 17.8 Å². The monoisotopic (exact) mass is 918 g/mol. The van der Waals surface area contributed by atoms with E-state index < -0.39 is 121 Å². The van der Waals surface area contributed by atoms with Crippen LogP contribution in [-0.2, 0) is 66.8 Å². The van der Waals surface area contributed by atoms with E-state index in [2.05, 4.69) is 16.0 Å². The average Bonchev–Trinajstić information content (AvgIpc) is 3.64. The number of hydrogen-bond acceptors (Lipinski definition) is 17. The second kappa shape index (κ2) is 22.2. The van der Waals surface area contributed by atoms with Gasteiger partial charge in [-0.3, -0.25) is 33.6 Å². The zero-order chi connectivity index (χ0) is 48.3. The van der Waals surface area contributed by atoms with Crippen molar-refractivity contribution in [1.82, 2.24) is 20.9 Å². The van der Waals surface area contributed by atoms with Gasteiger partial charge in [0, 0.05) is 59.7 Å². The number of morpholine rings is 1. The van der Waals surface area contributed by atoms with Gasteiger partial charge in [0.2, 0.25) is 11.8 Å². The number of carboxylic acids is 1. The molecule has 0 aliphatic carbocycles. The van der Waals surface area contributed by atoms with Gasteiger partial charge in [0.05, 0.1) is 44.9 Å². The molecule has 0 aromatic heterocycles. The summed E-state index contributed by atoms with van der Waals surface area (Å²) < 4.78 is 71.6. The highest BCUT2D eigenvalue weighted by Crippen LogP contribution is 2.40. The molecule has 3 aliphatic heterocycles. The second-order valence-corrected chi connectivity index (χ2v) is 15.3. The number of aliphatic carboxylic acids is 1. The molecule has 356 valence electrons. The number of methoxy groups -OCH3 is 1. The highest BCUT2D eigenvalue weighted by atomic mass is 19.4. The van der Waals surface area contributed by atoms with Crippen LogP contribution in [0.2, 0.25) is 0 Å². The Kier molecular flexibility index (Phi) is 18.2. The third-order valence-electron chi connectivity index (χ3n) is 10.2. The molecule has 3 heterocycles. The fraction of sp³-hybridized carbons (Fsp3) is 0.625. The standard InChI is InChI=1S/C38H52N4O15.C2HF3O2/c1-20-13-27(14-21(2)32(20)55-25(6)46)35(49)40-17-29(54-24(5)45)33(56-26(7)47)34-31(41-22(3)43)28(53-23(4)44)15-38(57-34,36(50)51-8)16-30(48)42-11-12-52-19-37(42)9-10-39-18-37;3-2(4,5)1(6)7/h13-14,28-29,31,33-34,39H,9-12,15-19H2,1-8H3,(H,40,49)(H,41,43);(H,6,7)/t28-,29+,31+,33+,34+,37+,38-;/m0./s1. The van der Waals surface area contributed by atoms with Crippen molar-refractivity contribution in [2.24, 2.45) is 0 Å². The molecule has 1 aromatic carbocycles. The van der Waals surface area contributed by atoms with Crippen molar-refractivity contribution in [3.8, 4) is 5.75 Å². The average molecular weight is 919 g/mol. The van der Waals surface area contributed by atoms with E-state index >= 15 is 0 Å². The molecule has 7 atom stereocenters. The summed E-state index contributed by atoms with van der Waals surface area (Å²) in [5.41, 5.74) is -1.80. The van der Waals surface area contributed by atoms with E-state index in [1.807, 2.05) is 0 Å². The molecule has 4 rings (SSSR count). The largest absolute Gasteiger partial charge is 0.490 e. The van der Waals surface area contributed by atoms with Crippen molar-refractivity contribution >= 4 is 53.5 Å². The Hall–Kier alpha value is -5.88. The molecule has 1 aromatic rings. The number of nitrogens with one attached hydrogen (secondary N) is 3. The van der Waals surface area contributed by atoms with E-state index in [-0.39, 0.29) is 31.1 Å². The fourth-order valence-corrected chi connectivity index (χ4v) is 7.77. The quantitative estimate of drug-likeness (QED) is 0.120. The molecule has 21 nitrogen and oxygen atoms in total. The van der Waals surface area contributed by atoms with Crippen LogP contribution in [0, 0.1) is 13.8 Å². The molecule has 3 saturated heterocycles. The van der Waals surface area contributed by atoms with E-state index in [1.165, 1.54) is 26.0 Å². The number of alkyl halides is 3. The Morgan fingerprint density at radius 2 is 1.56 bits per heavy atom. The Morgan fingerprint density at radius 1 is 0.953 bits per heavy atom. The number of hydrogen-bond donors (Lipinski definition) is 4. The Bertz CT molecular complexity index is 1930. The molecule has 64 heavy (non-hydrogen) atoms. The normalized spacial score (nSPS) is 23.8. The zero-order valence-corrected chi connectivity index (χ0v) is 36.5. The Morgan fingerprint density at radius 3 is 2.05 bits per heavy atom. The van der Waals surface area contributed by atoms with Crippen LogP contribution in [0.3, 0.4) is 0 Å². The molecule has 0 unspecified atom stereocenters. The van der Waals surface area contributed by atoms with Gasteiger partial charge < -0.3 is 59.1 Å². The number of rotatable bonds is 13. The summed E-state index contributed by atoms with van der Waals surface area (Å²) in [5.74, 6) is -8.47. The van der Waals surface area contributed by atoms with Crippen LogP contribution >= 0.6 is 0 Å². The molecule has 0 saturated carbocycles. The summed E-state index contributed by atoms with van der Waals surface area (Å²) in [6.07, 6.45) is -12.0. The van der Waals surface area contributed by atoms with Crippen LogP contribution in [0.25, 0.3) is 0 Å². The van der Waals surface area contributed by atoms with Crippen molar-refractivity contribution in [3.63, 3.8) is 0 Å². The van der Waals surface area contributed by atoms with Gasteiger partial charge in [0.25, 0.3) is 5.91 Å². The smallest absolute Gasteiger partial charge is 0.475 e. The molecule has 3 aliphatic rings. The minimum absolute atomic E-state index is 0.146. The summed E-state index contributed by atoms with van der Waals surface area (Å²) in [5, 5.41) is 15.7. The first-order valence-electron chi connectivity index (χ1n) is 19.8. The van der Waals surface area contributed by atoms with Crippen LogP contribution in [0.15, 0.2) is 12.1 Å². The SMILES string of the molecule is COC(=O)[C@@]1(CC(=O)N2CCOC[C@]23CCNC3)C[C@H](OC(C)=O)[C@@H](NC(C)=O)[C@H]([C@H](OC(C)=O)[C@@H](CNC(=O)c2cc(C)c(OC(C)=O)c(C)c2)OC(C)=O)O1.O=C(O)C(F)(F)F. The third kappa shape index (κ3) is 13.8. The van der Waals surface area contributed by atoms with E-state index in [1.54, 1.807) is 18.7 Å². The molecule has 3 amide bonds. The maximum absolute atomic E-state index is 14.4. The number of benzene rings is 1. The molecular formula is C40H53F3N4O17. The van der Waals surface area contributed by atoms with Gasteiger partial charge in [0.1, 0.15) is 18.0 Å². The van der Waals surface area contributed by atoms with Crippen LogP contribution in [0.1, 0.15) is 75.4 Å². The fourth-order valence-electron chi connectivity index (χ4n) is 7.77. The maximum Gasteiger partial charge on any atom is 0.490 e. The lowest BCUT2D eigenvalue weighted by atomic mass is 9.80. The van der Waals surface area contributed by atoms with Gasteiger partial charge in [-0.1, -0.05) is 0 Å². The number of carboxylic acid groups (broad SMARTS) is 1. The lowest BCUT2D eigenvalue weighted by Gasteiger charge is -2.50. The van der Waals surface area contributed by atoms with Crippen LogP contribution < -0.4 is 20.7 Å². The molecule has 3 fully saturated rings. The Balaban J connectivity index is 0.00000143. The number of ether oxygens (including phenoxy) is 7. The van der Waals surface area contributed by atoms with E-state index in [0.29, 0.717) is 30.6 Å². The highest BCUT2D eigenvalue weighted by molar-refractivity contribution is 5.95. The number of carbonyl (C=O) groups is 9. The van der Waals surface area contributed by atoms with Crippen molar-refractivity contribution < 1.29 is 94.6 Å². The number of aryl methyl sites for hydroxylation is 2. The van der Waals surface area contributed by atoms with Crippen molar-refractivity contribution in [2.75, 3.05) is 46.5 Å². The van der Waals surface area contributed by atoms with Crippen molar-refractivity contribution in [2.45, 2.75) is 116 Å². The molecule has 4 N–H and O–H groups in total. The zero-order valence-electron chi connectivity index (χ0n) is 36.5. The highest BCUT2D eigenvalue weighted by Gasteiger charge is 2.60. The summed E-state index contributed by atoms with van der Waals surface area (Å²) in [6.45, 7) is 10.2. The second-order valence-electron chi connectivity index (χ2n) is 15.3. The van der Waals surface area contributed by atoms with Gasteiger partial charge in [-0.15, -0.1) is 0 Å². The summed E-state index contributed by atoms with van der Waals surface area (Å²) in [7, 11) is 1.08. The van der Waals surface area contributed by atoms with Crippen LogP contribution in [0.5, 0.6) is 5.75 Å². The minimum Gasteiger partial charge on any atom is -0.475 e. The van der Waals surface area contributed by atoms with Gasteiger partial charge in [-0.2, -0.15) is 13.2 Å². The molecule has 0 bridgehead atoms. The maximum atomic E-state index is 14.4. The first-order chi connectivity index (χ1) is 29.7. The predicted octanol–water partition coefficient (Wildman–Crippen LogP) is 0.573. The van der Waals surface area contributed by atoms with E-state index in [0.717, 1.165) is 27.9 Å². The van der Waals surface area contributed by atoms with E-state index in [9.17, 15) is 51.5 Å². The summed E-state index contributed by atoms with van der Waals surface area (Å²) in [4.78, 5) is 115. The molecule has 24 heteroatoms. The Labute approximate surface area is 365 Å². The lowest BCUT2D eigenvalue weighted by molar-refractivity contribution is -0.241. The van der Waals surface area contributed by atoms with Crippen LogP contribution in [-0.4, -0.2) is 158 Å². The van der Waals surface area contributed by atoms with Crippen molar-refractivity contribution in [1.29, 1.82) is 0 Å². The summed E-state index contributed by atoms with van der Waals surface area (Å²) >= 11 is 0. The van der Waals surface area contributed by atoms with Gasteiger partial charge >= 0.3 is 42.0 Å². The van der Waals surface area contributed by atoms with Gasteiger partial charge in [-0.25, -0.2) is 9.59 Å². The number of carbonyl (C=O) groups excluding carboxylic acids is 8. The molecule has 1 spiro atoms. The lowest BCUT2D eigenvalue weighted by Crippen LogP contribution is -2.70. The minimum atomic E-state index is -5.08. The number of esters is 5.